The van der Waals surface area contributed by atoms with E-state index >= 15 is 0 Å². The van der Waals surface area contributed by atoms with Crippen LogP contribution in [0, 0.1) is 13.8 Å². The minimum atomic E-state index is 0.116. The van der Waals surface area contributed by atoms with Gasteiger partial charge in [0.1, 0.15) is 0 Å². The first-order valence-corrected chi connectivity index (χ1v) is 6.95. The van der Waals surface area contributed by atoms with Crippen LogP contribution in [0.5, 0.6) is 0 Å². The highest BCUT2D eigenvalue weighted by atomic mass is 35.5. The highest BCUT2D eigenvalue weighted by Crippen LogP contribution is 2.17. The van der Waals surface area contributed by atoms with Crippen LogP contribution in [0.25, 0.3) is 0 Å². The molecule has 0 unspecified atom stereocenters. The molecule has 0 heterocycles. The third kappa shape index (κ3) is 3.49. The van der Waals surface area contributed by atoms with Gasteiger partial charge in [-0.05, 0) is 45.2 Å². The van der Waals surface area contributed by atoms with Gasteiger partial charge in [-0.1, -0.05) is 18.2 Å². The Morgan fingerprint density at radius 2 is 1.83 bits per heavy atom. The van der Waals surface area contributed by atoms with Crippen molar-refractivity contribution in [3.8, 4) is 0 Å². The lowest BCUT2D eigenvalue weighted by atomic mass is 10.0. The fraction of sp³-hybridized carbons (Fsp3) is 0.533. The van der Waals surface area contributed by atoms with Crippen molar-refractivity contribution in [3.63, 3.8) is 0 Å². The minimum absolute atomic E-state index is 0.116. The van der Waals surface area contributed by atoms with Crippen LogP contribution in [0.1, 0.15) is 41.8 Å². The number of rotatable bonds is 5. The second-order valence-electron chi connectivity index (χ2n) is 4.90. The molecule has 0 atom stereocenters. The summed E-state index contributed by atoms with van der Waals surface area (Å²) in [6.45, 7) is 8.77. The molecule has 1 aromatic rings. The molecule has 0 saturated heterocycles. The van der Waals surface area contributed by atoms with E-state index in [1.54, 1.807) is 0 Å². The van der Waals surface area contributed by atoms with Crippen LogP contribution < -0.4 is 0 Å². The molecule has 0 spiro atoms. The number of nitrogens with zero attached hydrogens (tertiary/aromatic N) is 1. The molecule has 0 aliphatic heterocycles. The molecule has 2 nitrogen and oxygen atoms in total. The van der Waals surface area contributed by atoms with Gasteiger partial charge in [0.05, 0.1) is 0 Å². The van der Waals surface area contributed by atoms with Crippen LogP contribution in [-0.4, -0.2) is 29.3 Å². The van der Waals surface area contributed by atoms with Gasteiger partial charge in [0.15, 0.2) is 0 Å². The van der Waals surface area contributed by atoms with E-state index in [1.807, 2.05) is 50.8 Å². The zero-order valence-electron chi connectivity index (χ0n) is 11.7. The standard InChI is InChI=1S/C15H22ClNO/c1-11(2)17(10-6-9-16)15(18)14-12(3)7-5-8-13(14)4/h5,7-8,11H,6,9-10H2,1-4H3. The lowest BCUT2D eigenvalue weighted by Crippen LogP contribution is -2.38. The van der Waals surface area contributed by atoms with E-state index in [-0.39, 0.29) is 11.9 Å². The van der Waals surface area contributed by atoms with Gasteiger partial charge < -0.3 is 4.90 Å². The van der Waals surface area contributed by atoms with Gasteiger partial charge in [-0.3, -0.25) is 4.79 Å². The Morgan fingerprint density at radius 1 is 1.28 bits per heavy atom. The Morgan fingerprint density at radius 3 is 2.28 bits per heavy atom. The van der Waals surface area contributed by atoms with Crippen molar-refractivity contribution in [2.45, 2.75) is 40.2 Å². The summed E-state index contributed by atoms with van der Waals surface area (Å²) in [4.78, 5) is 14.5. The predicted octanol–water partition coefficient (Wildman–Crippen LogP) is 3.78. The van der Waals surface area contributed by atoms with Gasteiger partial charge in [0.2, 0.25) is 0 Å². The first-order valence-electron chi connectivity index (χ1n) is 6.42. The number of carbonyl (C=O) groups is 1. The summed E-state index contributed by atoms with van der Waals surface area (Å²) < 4.78 is 0. The minimum Gasteiger partial charge on any atom is -0.336 e. The number of carbonyl (C=O) groups excluding carboxylic acids is 1. The number of aryl methyl sites for hydroxylation is 2. The number of halogens is 1. The van der Waals surface area contributed by atoms with E-state index in [4.69, 9.17) is 11.6 Å². The second kappa shape index (κ2) is 6.79. The van der Waals surface area contributed by atoms with Crippen LogP contribution in [0.15, 0.2) is 18.2 Å². The fourth-order valence-corrected chi connectivity index (χ4v) is 2.24. The summed E-state index contributed by atoms with van der Waals surface area (Å²) in [5, 5.41) is 0. The summed E-state index contributed by atoms with van der Waals surface area (Å²) in [6, 6.07) is 6.15. The van der Waals surface area contributed by atoms with E-state index < -0.39 is 0 Å². The Bertz CT molecular complexity index is 395. The first kappa shape index (κ1) is 15.0. The number of alkyl halides is 1. The van der Waals surface area contributed by atoms with Crippen molar-refractivity contribution in [1.82, 2.24) is 4.90 Å². The monoisotopic (exact) mass is 267 g/mol. The Labute approximate surface area is 115 Å². The normalized spacial score (nSPS) is 10.8. The number of benzene rings is 1. The molecule has 0 bridgehead atoms. The lowest BCUT2D eigenvalue weighted by molar-refractivity contribution is 0.0705. The molecule has 1 amide bonds. The smallest absolute Gasteiger partial charge is 0.254 e. The molecule has 0 fully saturated rings. The molecular weight excluding hydrogens is 246 g/mol. The molecule has 0 aliphatic rings. The van der Waals surface area contributed by atoms with Crippen molar-refractivity contribution in [1.29, 1.82) is 0 Å². The van der Waals surface area contributed by atoms with Crippen LogP contribution in [0.2, 0.25) is 0 Å². The van der Waals surface area contributed by atoms with Gasteiger partial charge in [-0.15, -0.1) is 11.6 Å². The topological polar surface area (TPSA) is 20.3 Å². The molecule has 18 heavy (non-hydrogen) atoms. The molecule has 0 aromatic heterocycles. The number of hydrogen-bond donors (Lipinski definition) is 0. The zero-order valence-corrected chi connectivity index (χ0v) is 12.4. The average molecular weight is 268 g/mol. The summed E-state index contributed by atoms with van der Waals surface area (Å²) in [6.07, 6.45) is 0.830. The van der Waals surface area contributed by atoms with E-state index in [0.29, 0.717) is 12.4 Å². The predicted molar refractivity (Wildman–Crippen MR) is 77.4 cm³/mol. The van der Waals surface area contributed by atoms with Gasteiger partial charge >= 0.3 is 0 Å². The van der Waals surface area contributed by atoms with Crippen molar-refractivity contribution in [2.24, 2.45) is 0 Å². The van der Waals surface area contributed by atoms with Crippen molar-refractivity contribution in [3.05, 3.63) is 34.9 Å². The maximum atomic E-state index is 12.6. The van der Waals surface area contributed by atoms with Crippen molar-refractivity contribution < 1.29 is 4.79 Å². The van der Waals surface area contributed by atoms with E-state index in [2.05, 4.69) is 0 Å². The van der Waals surface area contributed by atoms with E-state index in [9.17, 15) is 4.79 Å². The summed E-state index contributed by atoms with van der Waals surface area (Å²) in [5.74, 6) is 0.703. The van der Waals surface area contributed by atoms with E-state index in [0.717, 1.165) is 23.1 Å². The van der Waals surface area contributed by atoms with Crippen LogP contribution in [-0.2, 0) is 0 Å². The van der Waals surface area contributed by atoms with Crippen LogP contribution in [0.3, 0.4) is 0 Å². The molecular formula is C15H22ClNO. The first-order chi connectivity index (χ1) is 8.49. The van der Waals surface area contributed by atoms with Crippen LogP contribution in [0.4, 0.5) is 0 Å². The summed E-state index contributed by atoms with van der Waals surface area (Å²) in [7, 11) is 0. The van der Waals surface area contributed by atoms with Gasteiger partial charge in [0.25, 0.3) is 5.91 Å². The molecule has 1 rings (SSSR count). The molecule has 0 aliphatic carbocycles. The highest BCUT2D eigenvalue weighted by molar-refractivity contribution is 6.17. The largest absolute Gasteiger partial charge is 0.336 e. The highest BCUT2D eigenvalue weighted by Gasteiger charge is 2.21. The molecule has 0 radical (unpaired) electrons. The fourth-order valence-electron chi connectivity index (χ4n) is 2.12. The zero-order chi connectivity index (χ0) is 13.7. The third-order valence-electron chi connectivity index (χ3n) is 3.11. The summed E-state index contributed by atoms with van der Waals surface area (Å²) >= 11 is 5.73. The Balaban J connectivity index is 3.02. The summed E-state index contributed by atoms with van der Waals surface area (Å²) in [5.41, 5.74) is 2.91. The number of hydrogen-bond acceptors (Lipinski definition) is 1. The van der Waals surface area contributed by atoms with Gasteiger partial charge in [-0.2, -0.15) is 0 Å². The van der Waals surface area contributed by atoms with Crippen molar-refractivity contribution >= 4 is 17.5 Å². The van der Waals surface area contributed by atoms with E-state index in [1.165, 1.54) is 0 Å². The maximum absolute atomic E-state index is 12.6. The molecule has 3 heteroatoms. The third-order valence-corrected chi connectivity index (χ3v) is 3.38. The average Bonchev–Trinajstić information content (AvgIpc) is 2.28. The quantitative estimate of drug-likeness (QED) is 0.744. The molecule has 100 valence electrons. The van der Waals surface area contributed by atoms with Crippen molar-refractivity contribution in [2.75, 3.05) is 12.4 Å². The maximum Gasteiger partial charge on any atom is 0.254 e. The Kier molecular flexibility index (Phi) is 5.67. The van der Waals surface area contributed by atoms with Crippen LogP contribution >= 0.6 is 11.6 Å². The van der Waals surface area contributed by atoms with Gasteiger partial charge in [-0.25, -0.2) is 0 Å². The SMILES string of the molecule is Cc1cccc(C)c1C(=O)N(CCCCl)C(C)C. The molecule has 1 aromatic carbocycles. The lowest BCUT2D eigenvalue weighted by Gasteiger charge is -2.28. The molecule has 0 saturated carbocycles. The van der Waals surface area contributed by atoms with Gasteiger partial charge in [0, 0.05) is 24.0 Å². The second-order valence-corrected chi connectivity index (χ2v) is 5.28. The Hall–Kier alpha value is -1.02. The number of amides is 1. The molecule has 0 N–H and O–H groups in total.